The van der Waals surface area contributed by atoms with E-state index in [0.29, 0.717) is 30.5 Å². The van der Waals surface area contributed by atoms with E-state index in [1.807, 2.05) is 6.92 Å². The maximum absolute atomic E-state index is 13.7. The Morgan fingerprint density at radius 1 is 1.25 bits per heavy atom. The van der Waals surface area contributed by atoms with Gasteiger partial charge in [0.1, 0.15) is 11.6 Å². The fourth-order valence-corrected chi connectivity index (χ4v) is 3.88. The minimum absolute atomic E-state index is 0.399. The van der Waals surface area contributed by atoms with Gasteiger partial charge in [-0.25, -0.2) is 8.78 Å². The quantitative estimate of drug-likeness (QED) is 0.551. The maximum atomic E-state index is 13.7. The molecule has 0 amide bonds. The van der Waals surface area contributed by atoms with Crippen LogP contribution in [0.25, 0.3) is 0 Å². The topological polar surface area (TPSA) is 48.9 Å². The molecule has 0 spiro atoms. The second kappa shape index (κ2) is 10.7. The van der Waals surface area contributed by atoms with Gasteiger partial charge in [-0.2, -0.15) is 0 Å². The van der Waals surface area contributed by atoms with E-state index < -0.39 is 11.6 Å². The van der Waals surface area contributed by atoms with Gasteiger partial charge in [-0.1, -0.05) is 6.07 Å². The number of hydrogen-bond donors (Lipinski definition) is 2. The molecule has 2 aliphatic rings. The summed E-state index contributed by atoms with van der Waals surface area (Å²) in [6.45, 7) is 8.41. The highest BCUT2D eigenvalue weighted by atomic mass is 19.1. The molecule has 0 aromatic heterocycles. The highest BCUT2D eigenvalue weighted by molar-refractivity contribution is 5.80. The summed E-state index contributed by atoms with van der Waals surface area (Å²) in [6, 6.07) is 4.10. The molecule has 0 radical (unpaired) electrons. The molecule has 28 heavy (non-hydrogen) atoms. The number of nitrogens with one attached hydrogen (secondary N) is 2. The first kappa shape index (κ1) is 21.0. The normalized spacial score (nSPS) is 21.8. The number of ether oxygens (including phenoxy) is 1. The van der Waals surface area contributed by atoms with Gasteiger partial charge in [0, 0.05) is 51.4 Å². The van der Waals surface area contributed by atoms with Crippen LogP contribution >= 0.6 is 0 Å². The third kappa shape index (κ3) is 6.41. The van der Waals surface area contributed by atoms with E-state index in [4.69, 9.17) is 4.74 Å². The molecule has 0 saturated carbocycles. The van der Waals surface area contributed by atoms with Crippen LogP contribution in [0.4, 0.5) is 8.78 Å². The standard InChI is InChI=1S/C21H32F2N4O/c1-2-24-21(25-9-5-17-3-4-18(22)13-20(17)23)26-19-6-10-27(11-7-19)14-16-8-12-28-15-16/h3-4,13,16,19H,2,5-12,14-15H2,1H3,(H2,24,25,26). The van der Waals surface area contributed by atoms with Crippen molar-refractivity contribution < 1.29 is 13.5 Å². The van der Waals surface area contributed by atoms with E-state index in [2.05, 4.69) is 20.5 Å². The van der Waals surface area contributed by atoms with E-state index in [9.17, 15) is 8.78 Å². The predicted octanol–water partition coefficient (Wildman–Crippen LogP) is 2.56. The van der Waals surface area contributed by atoms with E-state index in [-0.39, 0.29) is 0 Å². The van der Waals surface area contributed by atoms with E-state index in [1.54, 1.807) is 0 Å². The number of benzene rings is 1. The third-order valence-electron chi connectivity index (χ3n) is 5.48. The summed E-state index contributed by atoms with van der Waals surface area (Å²) >= 11 is 0. The summed E-state index contributed by atoms with van der Waals surface area (Å²) in [5.41, 5.74) is 0.491. The van der Waals surface area contributed by atoms with Crippen LogP contribution in [-0.2, 0) is 11.2 Å². The number of nitrogens with zero attached hydrogens (tertiary/aromatic N) is 2. The van der Waals surface area contributed by atoms with Crippen molar-refractivity contribution >= 4 is 5.96 Å². The molecule has 2 saturated heterocycles. The van der Waals surface area contributed by atoms with E-state index in [1.165, 1.54) is 18.6 Å². The van der Waals surface area contributed by atoms with Gasteiger partial charge in [-0.3, -0.25) is 4.99 Å². The van der Waals surface area contributed by atoms with Crippen molar-refractivity contribution in [2.45, 2.75) is 38.6 Å². The van der Waals surface area contributed by atoms with Gasteiger partial charge in [0.2, 0.25) is 0 Å². The lowest BCUT2D eigenvalue weighted by Crippen LogP contribution is -2.49. The van der Waals surface area contributed by atoms with E-state index in [0.717, 1.165) is 64.3 Å². The Morgan fingerprint density at radius 3 is 2.75 bits per heavy atom. The molecule has 1 atom stereocenters. The SMILES string of the molecule is CCNC(=NCCc1ccc(F)cc1F)NC1CCN(CC2CCOC2)CC1. The molecule has 1 aromatic carbocycles. The Hall–Kier alpha value is -1.73. The number of hydrogen-bond acceptors (Lipinski definition) is 3. The molecular weight excluding hydrogens is 362 g/mol. The summed E-state index contributed by atoms with van der Waals surface area (Å²) in [4.78, 5) is 7.11. The van der Waals surface area contributed by atoms with Crippen LogP contribution in [0.3, 0.4) is 0 Å². The number of aliphatic imine (C=N–C) groups is 1. The van der Waals surface area contributed by atoms with Crippen LogP contribution in [0.5, 0.6) is 0 Å². The molecule has 0 aliphatic carbocycles. The number of piperidine rings is 1. The fourth-order valence-electron chi connectivity index (χ4n) is 3.88. The zero-order valence-electron chi connectivity index (χ0n) is 16.7. The van der Waals surface area contributed by atoms with Crippen LogP contribution in [-0.4, -0.2) is 62.8 Å². The van der Waals surface area contributed by atoms with E-state index >= 15 is 0 Å². The Kier molecular flexibility index (Phi) is 8.03. The molecule has 2 fully saturated rings. The Bertz CT molecular complexity index is 641. The van der Waals surface area contributed by atoms with Crippen LogP contribution < -0.4 is 10.6 Å². The van der Waals surface area contributed by atoms with Crippen LogP contribution in [0.15, 0.2) is 23.2 Å². The van der Waals surface area contributed by atoms with Gasteiger partial charge in [0.25, 0.3) is 0 Å². The molecule has 2 aliphatic heterocycles. The maximum Gasteiger partial charge on any atom is 0.191 e. The lowest BCUT2D eigenvalue weighted by molar-refractivity contribution is 0.150. The molecule has 3 rings (SSSR count). The highest BCUT2D eigenvalue weighted by Crippen LogP contribution is 2.17. The monoisotopic (exact) mass is 394 g/mol. The fraction of sp³-hybridized carbons (Fsp3) is 0.667. The average Bonchev–Trinajstić information content (AvgIpc) is 3.18. The molecular formula is C21H32F2N4O. The van der Waals surface area contributed by atoms with Crippen molar-refractivity contribution in [3.8, 4) is 0 Å². The summed E-state index contributed by atoms with van der Waals surface area (Å²) in [6.07, 6.45) is 3.81. The lowest BCUT2D eigenvalue weighted by atomic mass is 10.0. The smallest absolute Gasteiger partial charge is 0.191 e. The van der Waals surface area contributed by atoms with Crippen LogP contribution in [0, 0.1) is 17.6 Å². The number of halogens is 2. The van der Waals surface area contributed by atoms with Gasteiger partial charge in [0.05, 0.1) is 6.61 Å². The zero-order valence-corrected chi connectivity index (χ0v) is 16.7. The Balaban J connectivity index is 1.44. The van der Waals surface area contributed by atoms with Crippen LogP contribution in [0.2, 0.25) is 0 Å². The molecule has 5 nitrogen and oxygen atoms in total. The molecule has 7 heteroatoms. The molecule has 2 N–H and O–H groups in total. The Morgan fingerprint density at radius 2 is 2.07 bits per heavy atom. The van der Waals surface area contributed by atoms with Gasteiger partial charge in [-0.05, 0) is 50.2 Å². The first-order valence-electron chi connectivity index (χ1n) is 10.4. The molecule has 1 aromatic rings. The van der Waals surface area contributed by atoms with Crippen molar-refractivity contribution in [2.75, 3.05) is 45.9 Å². The number of guanidine groups is 1. The summed E-state index contributed by atoms with van der Waals surface area (Å²) < 4.78 is 32.2. The van der Waals surface area contributed by atoms with Gasteiger partial charge >= 0.3 is 0 Å². The summed E-state index contributed by atoms with van der Waals surface area (Å²) in [5, 5.41) is 6.78. The van der Waals surface area contributed by atoms with Gasteiger partial charge < -0.3 is 20.3 Å². The second-order valence-corrected chi connectivity index (χ2v) is 7.70. The Labute approximate surface area is 166 Å². The lowest BCUT2D eigenvalue weighted by Gasteiger charge is -2.34. The molecule has 156 valence electrons. The zero-order chi connectivity index (χ0) is 19.8. The van der Waals surface area contributed by atoms with Crippen molar-refractivity contribution in [1.29, 1.82) is 0 Å². The highest BCUT2D eigenvalue weighted by Gasteiger charge is 2.24. The minimum atomic E-state index is -0.549. The largest absolute Gasteiger partial charge is 0.381 e. The van der Waals surface area contributed by atoms with Gasteiger partial charge in [0.15, 0.2) is 5.96 Å². The van der Waals surface area contributed by atoms with Crippen LogP contribution in [0.1, 0.15) is 31.7 Å². The molecule has 2 heterocycles. The average molecular weight is 395 g/mol. The van der Waals surface area contributed by atoms with Crippen molar-refractivity contribution in [2.24, 2.45) is 10.9 Å². The molecule has 0 bridgehead atoms. The van der Waals surface area contributed by atoms with Crippen molar-refractivity contribution in [3.05, 3.63) is 35.4 Å². The molecule has 1 unspecified atom stereocenters. The minimum Gasteiger partial charge on any atom is -0.381 e. The van der Waals surface area contributed by atoms with Crippen molar-refractivity contribution in [1.82, 2.24) is 15.5 Å². The first-order valence-corrected chi connectivity index (χ1v) is 10.4. The summed E-state index contributed by atoms with van der Waals surface area (Å²) in [5.74, 6) is 0.405. The second-order valence-electron chi connectivity index (χ2n) is 7.70. The van der Waals surface area contributed by atoms with Crippen molar-refractivity contribution in [3.63, 3.8) is 0 Å². The third-order valence-corrected chi connectivity index (χ3v) is 5.48. The first-order chi connectivity index (χ1) is 13.6. The summed E-state index contributed by atoms with van der Waals surface area (Å²) in [7, 11) is 0. The van der Waals surface area contributed by atoms with Gasteiger partial charge in [-0.15, -0.1) is 0 Å². The predicted molar refractivity (Wildman–Crippen MR) is 108 cm³/mol. The number of rotatable bonds is 7. The number of likely N-dealkylation sites (tertiary alicyclic amines) is 1.